The molecule has 0 heterocycles. The van der Waals surface area contributed by atoms with E-state index in [4.69, 9.17) is 4.74 Å². The Bertz CT molecular complexity index is 777. The van der Waals surface area contributed by atoms with Gasteiger partial charge in [-0.3, -0.25) is 9.59 Å². The Morgan fingerprint density at radius 3 is 2.44 bits per heavy atom. The van der Waals surface area contributed by atoms with E-state index in [1.807, 2.05) is 38.1 Å². The number of halogens is 1. The van der Waals surface area contributed by atoms with Gasteiger partial charge in [0.15, 0.2) is 6.61 Å². The van der Waals surface area contributed by atoms with Crippen molar-refractivity contribution in [3.63, 3.8) is 0 Å². The Labute approximate surface area is 159 Å². The number of hydrogen-bond donors (Lipinski definition) is 1. The number of rotatable bonds is 8. The minimum Gasteiger partial charge on any atom is -0.484 e. The zero-order valence-corrected chi connectivity index (χ0v) is 15.9. The first-order chi connectivity index (χ1) is 12.9. The van der Waals surface area contributed by atoms with Crippen molar-refractivity contribution < 1.29 is 18.7 Å². The van der Waals surface area contributed by atoms with E-state index >= 15 is 0 Å². The van der Waals surface area contributed by atoms with E-state index in [1.165, 1.54) is 29.2 Å². The molecule has 0 saturated heterocycles. The third-order valence-electron chi connectivity index (χ3n) is 4.30. The number of aryl methyl sites for hydroxylation is 1. The van der Waals surface area contributed by atoms with Crippen molar-refractivity contribution in [3.8, 4) is 5.75 Å². The fraction of sp³-hybridized carbons (Fsp3) is 0.333. The van der Waals surface area contributed by atoms with Crippen LogP contribution < -0.4 is 10.1 Å². The van der Waals surface area contributed by atoms with E-state index in [9.17, 15) is 14.0 Å². The van der Waals surface area contributed by atoms with Gasteiger partial charge in [0.1, 0.15) is 17.6 Å². The van der Waals surface area contributed by atoms with Gasteiger partial charge in [0.05, 0.1) is 0 Å². The lowest BCUT2D eigenvalue weighted by Crippen LogP contribution is -2.49. The van der Waals surface area contributed by atoms with E-state index in [1.54, 1.807) is 6.92 Å². The summed E-state index contributed by atoms with van der Waals surface area (Å²) >= 11 is 0. The summed E-state index contributed by atoms with van der Waals surface area (Å²) in [5.74, 6) is -0.520. The Morgan fingerprint density at radius 1 is 1.15 bits per heavy atom. The van der Waals surface area contributed by atoms with Gasteiger partial charge in [0.2, 0.25) is 5.91 Å². The van der Waals surface area contributed by atoms with Gasteiger partial charge in [-0.15, -0.1) is 0 Å². The summed E-state index contributed by atoms with van der Waals surface area (Å²) in [6.07, 6.45) is 0. The summed E-state index contributed by atoms with van der Waals surface area (Å²) in [5, 5.41) is 2.75. The Balaban J connectivity index is 2.14. The maximum atomic E-state index is 13.0. The van der Waals surface area contributed by atoms with Crippen LogP contribution in [0.2, 0.25) is 0 Å². The molecule has 0 aliphatic heterocycles. The van der Waals surface area contributed by atoms with Gasteiger partial charge in [-0.1, -0.05) is 24.3 Å². The smallest absolute Gasteiger partial charge is 0.261 e. The second-order valence-electron chi connectivity index (χ2n) is 6.26. The quantitative estimate of drug-likeness (QED) is 0.775. The standard InChI is InChI=1S/C21H25FN2O3/c1-4-23-21(26)16(3)24(13-17-8-6-5-7-15(17)2)20(25)14-27-19-11-9-18(22)10-12-19/h5-12,16H,4,13-14H2,1-3H3,(H,23,26)/t16-/m1/s1. The molecule has 0 aliphatic rings. The predicted molar refractivity (Wildman–Crippen MR) is 102 cm³/mol. The molecule has 0 radical (unpaired) electrons. The highest BCUT2D eigenvalue weighted by atomic mass is 19.1. The summed E-state index contributed by atoms with van der Waals surface area (Å²) in [6, 6.07) is 12.5. The lowest BCUT2D eigenvalue weighted by Gasteiger charge is -2.29. The monoisotopic (exact) mass is 372 g/mol. The highest BCUT2D eigenvalue weighted by Crippen LogP contribution is 2.15. The molecule has 5 nitrogen and oxygen atoms in total. The van der Waals surface area contributed by atoms with E-state index in [0.717, 1.165) is 11.1 Å². The Hall–Kier alpha value is -2.89. The van der Waals surface area contributed by atoms with Crippen molar-refractivity contribution in [1.82, 2.24) is 10.2 Å². The number of nitrogens with one attached hydrogen (secondary N) is 1. The average Bonchev–Trinajstić information content (AvgIpc) is 2.66. The largest absolute Gasteiger partial charge is 0.484 e. The van der Waals surface area contributed by atoms with E-state index in [-0.39, 0.29) is 24.2 Å². The topological polar surface area (TPSA) is 58.6 Å². The summed E-state index contributed by atoms with van der Waals surface area (Å²) < 4.78 is 18.5. The molecule has 2 rings (SSSR count). The second kappa shape index (κ2) is 9.71. The molecule has 0 aliphatic carbocycles. The molecule has 1 N–H and O–H groups in total. The van der Waals surface area contributed by atoms with Crippen molar-refractivity contribution in [2.75, 3.05) is 13.2 Å². The molecule has 27 heavy (non-hydrogen) atoms. The first-order valence-corrected chi connectivity index (χ1v) is 8.92. The number of amides is 2. The fourth-order valence-electron chi connectivity index (χ4n) is 2.63. The number of carbonyl (C=O) groups is 2. The maximum Gasteiger partial charge on any atom is 0.261 e. The number of hydrogen-bond acceptors (Lipinski definition) is 3. The van der Waals surface area contributed by atoms with Gasteiger partial charge < -0.3 is 15.0 Å². The SMILES string of the molecule is CCNC(=O)[C@@H](C)N(Cc1ccccc1C)C(=O)COc1ccc(F)cc1. The molecular formula is C21H25FN2O3. The Kier molecular flexibility index (Phi) is 7.34. The van der Waals surface area contributed by atoms with Crippen LogP contribution in [0.25, 0.3) is 0 Å². The number of ether oxygens (including phenoxy) is 1. The molecule has 0 saturated carbocycles. The molecule has 2 aromatic rings. The van der Waals surface area contributed by atoms with Crippen LogP contribution in [0, 0.1) is 12.7 Å². The third-order valence-corrected chi connectivity index (χ3v) is 4.30. The van der Waals surface area contributed by atoms with Crippen molar-refractivity contribution in [3.05, 3.63) is 65.5 Å². The van der Waals surface area contributed by atoms with Crippen LogP contribution in [-0.2, 0) is 16.1 Å². The number of carbonyl (C=O) groups excluding carboxylic acids is 2. The second-order valence-corrected chi connectivity index (χ2v) is 6.26. The fourth-order valence-corrected chi connectivity index (χ4v) is 2.63. The van der Waals surface area contributed by atoms with Gasteiger partial charge in [0, 0.05) is 13.1 Å². The molecule has 0 aromatic heterocycles. The third kappa shape index (κ3) is 5.81. The summed E-state index contributed by atoms with van der Waals surface area (Å²) in [6.45, 7) is 6.04. The minimum absolute atomic E-state index is 0.221. The molecule has 0 spiro atoms. The molecular weight excluding hydrogens is 347 g/mol. The van der Waals surface area contributed by atoms with E-state index < -0.39 is 6.04 Å². The lowest BCUT2D eigenvalue weighted by atomic mass is 10.1. The highest BCUT2D eigenvalue weighted by molar-refractivity contribution is 5.87. The average molecular weight is 372 g/mol. The Morgan fingerprint density at radius 2 is 1.81 bits per heavy atom. The van der Waals surface area contributed by atoms with Crippen molar-refractivity contribution in [2.24, 2.45) is 0 Å². The summed E-state index contributed by atoms with van der Waals surface area (Å²) in [7, 11) is 0. The number of benzene rings is 2. The normalized spacial score (nSPS) is 11.6. The summed E-state index contributed by atoms with van der Waals surface area (Å²) in [5.41, 5.74) is 2.00. The summed E-state index contributed by atoms with van der Waals surface area (Å²) in [4.78, 5) is 26.6. The molecule has 0 fully saturated rings. The highest BCUT2D eigenvalue weighted by Gasteiger charge is 2.26. The van der Waals surface area contributed by atoms with Gasteiger partial charge in [-0.2, -0.15) is 0 Å². The molecule has 2 amide bonds. The van der Waals surface area contributed by atoms with E-state index in [2.05, 4.69) is 5.32 Å². The maximum absolute atomic E-state index is 13.0. The molecule has 1 atom stereocenters. The van der Waals surface area contributed by atoms with Crippen molar-refractivity contribution in [1.29, 1.82) is 0 Å². The molecule has 0 unspecified atom stereocenters. The first-order valence-electron chi connectivity index (χ1n) is 8.92. The van der Waals surface area contributed by atoms with Crippen LogP contribution in [-0.4, -0.2) is 35.9 Å². The zero-order valence-electron chi connectivity index (χ0n) is 15.9. The first kappa shape index (κ1) is 20.4. The lowest BCUT2D eigenvalue weighted by molar-refractivity contribution is -0.142. The van der Waals surface area contributed by atoms with Crippen LogP contribution in [0.4, 0.5) is 4.39 Å². The van der Waals surface area contributed by atoms with Crippen molar-refractivity contribution >= 4 is 11.8 Å². The molecule has 0 bridgehead atoms. The molecule has 2 aromatic carbocycles. The minimum atomic E-state index is -0.645. The number of nitrogens with zero attached hydrogens (tertiary/aromatic N) is 1. The van der Waals surface area contributed by atoms with Crippen LogP contribution in [0.1, 0.15) is 25.0 Å². The molecule has 6 heteroatoms. The van der Waals surface area contributed by atoms with E-state index in [0.29, 0.717) is 18.8 Å². The van der Waals surface area contributed by atoms with Gasteiger partial charge in [-0.25, -0.2) is 4.39 Å². The van der Waals surface area contributed by atoms with Crippen LogP contribution in [0.3, 0.4) is 0 Å². The van der Waals surface area contributed by atoms with Crippen LogP contribution in [0.5, 0.6) is 5.75 Å². The van der Waals surface area contributed by atoms with Crippen LogP contribution >= 0.6 is 0 Å². The predicted octanol–water partition coefficient (Wildman–Crippen LogP) is 3.07. The van der Waals surface area contributed by atoms with Gasteiger partial charge >= 0.3 is 0 Å². The van der Waals surface area contributed by atoms with Crippen molar-refractivity contribution in [2.45, 2.75) is 33.4 Å². The van der Waals surface area contributed by atoms with Gasteiger partial charge in [-0.05, 0) is 56.2 Å². The zero-order chi connectivity index (χ0) is 19.8. The van der Waals surface area contributed by atoms with Crippen LogP contribution in [0.15, 0.2) is 48.5 Å². The van der Waals surface area contributed by atoms with Gasteiger partial charge in [0.25, 0.3) is 5.91 Å². The molecule has 144 valence electrons. The number of likely N-dealkylation sites (N-methyl/N-ethyl adjacent to an activating group) is 1.